The highest BCUT2D eigenvalue weighted by atomic mass is 32.2. The van der Waals surface area contributed by atoms with Gasteiger partial charge in [-0.25, -0.2) is 12.8 Å². The molecule has 1 N–H and O–H groups in total. The topological polar surface area (TPSA) is 124 Å². The van der Waals surface area contributed by atoms with Crippen LogP contribution in [0.25, 0.3) is 10.1 Å². The lowest BCUT2D eigenvalue weighted by atomic mass is 10.1. The minimum Gasteiger partial charge on any atom is -0.755 e. The second-order valence-electron chi connectivity index (χ2n) is 7.02. The molecule has 32 heavy (non-hydrogen) atoms. The Hall–Kier alpha value is -2.67. The average molecular weight is 498 g/mol. The van der Waals surface area contributed by atoms with Crippen LogP contribution >= 0.6 is 11.3 Å². The number of Topliss-reactive ketones (excluding diaryl/α,β-unsaturated/α-hetero) is 1. The molecule has 0 fully saturated rings. The first kappa shape index (κ1) is 24.0. The number of ketones is 1. The molecule has 1 heterocycles. The number of hydrogen-bond acceptors (Lipinski definition) is 7. The maximum Gasteiger partial charge on any atom is 0.251 e. The van der Waals surface area contributed by atoms with E-state index in [1.165, 1.54) is 37.3 Å². The van der Waals surface area contributed by atoms with Crippen LogP contribution in [-0.2, 0) is 25.9 Å². The molecule has 12 heteroatoms. The van der Waals surface area contributed by atoms with Crippen molar-refractivity contribution in [1.82, 2.24) is 5.32 Å². The van der Waals surface area contributed by atoms with Crippen LogP contribution in [0.5, 0.6) is 0 Å². The van der Waals surface area contributed by atoms with Crippen LogP contribution in [0.15, 0.2) is 41.3 Å². The summed E-state index contributed by atoms with van der Waals surface area (Å²) in [6.45, 7) is 2.66. The van der Waals surface area contributed by atoms with Gasteiger partial charge in [-0.2, -0.15) is 0 Å². The van der Waals surface area contributed by atoms with Crippen molar-refractivity contribution >= 4 is 64.9 Å². The molecule has 2 aromatic carbocycles. The summed E-state index contributed by atoms with van der Waals surface area (Å²) in [5, 5.41) is 3.05. The van der Waals surface area contributed by atoms with Crippen LogP contribution in [0.4, 0.5) is 15.1 Å². The Morgan fingerprint density at radius 2 is 1.91 bits per heavy atom. The first-order valence-electron chi connectivity index (χ1n) is 9.10. The molecular formula is C20H18FN2O6S3-. The van der Waals surface area contributed by atoms with Crippen LogP contribution in [0, 0.1) is 12.7 Å². The van der Waals surface area contributed by atoms with Gasteiger partial charge in [0.15, 0.2) is 9.84 Å². The number of nitrogens with zero attached hydrogens (tertiary/aromatic N) is 1. The number of nitrogens with one attached hydrogen (secondary N) is 1. The Kier molecular flexibility index (Phi) is 6.79. The highest BCUT2D eigenvalue weighted by molar-refractivity contribution is 7.91. The van der Waals surface area contributed by atoms with Crippen LogP contribution in [0.1, 0.15) is 22.8 Å². The monoisotopic (exact) mass is 497 g/mol. The third-order valence-corrected chi connectivity index (χ3v) is 7.72. The molecule has 0 saturated carbocycles. The van der Waals surface area contributed by atoms with Crippen LogP contribution in [0.2, 0.25) is 0 Å². The van der Waals surface area contributed by atoms with Gasteiger partial charge >= 0.3 is 0 Å². The molecule has 1 unspecified atom stereocenters. The zero-order chi connectivity index (χ0) is 23.8. The molecule has 0 aliphatic rings. The van der Waals surface area contributed by atoms with Crippen molar-refractivity contribution in [2.45, 2.75) is 18.7 Å². The summed E-state index contributed by atoms with van der Waals surface area (Å²) in [5.74, 6) is -1.46. The standard InChI is InChI=1S/C20H19FN2O6S3/c1-11(24)10-22-19(25)13-4-6-16(18(8-13)32(3,28)29)23(31(26)27)20-12(2)15-9-14(21)5-7-17(15)30-20/h4-9H,10H2,1-3H3,(H,22,25)(H,26,27)/p-1. The average Bonchev–Trinajstić information content (AvgIpc) is 3.01. The number of amides is 1. The van der Waals surface area contributed by atoms with Crippen LogP contribution in [-0.4, -0.2) is 41.7 Å². The van der Waals surface area contributed by atoms with Gasteiger partial charge in [0, 0.05) is 21.9 Å². The molecule has 0 radical (unpaired) electrons. The third kappa shape index (κ3) is 4.88. The summed E-state index contributed by atoms with van der Waals surface area (Å²) in [5.41, 5.74) is 0.220. The van der Waals surface area contributed by atoms with E-state index in [-0.39, 0.29) is 33.5 Å². The fraction of sp³-hybridized carbons (Fsp3) is 0.200. The number of thiophene rings is 1. The predicted octanol–water partition coefficient (Wildman–Crippen LogP) is 3.00. The summed E-state index contributed by atoms with van der Waals surface area (Å²) in [6.07, 6.45) is 0.891. The second-order valence-corrected chi connectivity index (χ2v) is 10.8. The normalized spacial score (nSPS) is 12.5. The molecule has 8 nitrogen and oxygen atoms in total. The fourth-order valence-electron chi connectivity index (χ4n) is 3.06. The Bertz CT molecular complexity index is 1370. The van der Waals surface area contributed by atoms with E-state index in [2.05, 4.69) is 5.32 Å². The third-order valence-electron chi connectivity index (χ3n) is 4.54. The van der Waals surface area contributed by atoms with Crippen molar-refractivity contribution in [2.75, 3.05) is 17.1 Å². The number of carbonyl (C=O) groups is 2. The number of rotatable bonds is 7. The number of aryl methyl sites for hydroxylation is 1. The van der Waals surface area contributed by atoms with Gasteiger partial charge in [-0.1, -0.05) is 0 Å². The number of anilines is 2. The van der Waals surface area contributed by atoms with Crippen LogP contribution < -0.4 is 9.62 Å². The predicted molar refractivity (Wildman–Crippen MR) is 120 cm³/mol. The van der Waals surface area contributed by atoms with E-state index in [4.69, 9.17) is 0 Å². The summed E-state index contributed by atoms with van der Waals surface area (Å²) in [4.78, 5) is 23.0. The molecule has 1 atom stereocenters. The van der Waals surface area contributed by atoms with E-state index in [0.29, 0.717) is 15.6 Å². The van der Waals surface area contributed by atoms with Gasteiger partial charge in [-0.15, -0.1) is 11.3 Å². The largest absolute Gasteiger partial charge is 0.755 e. The lowest BCUT2D eigenvalue weighted by molar-refractivity contribution is -0.116. The molecule has 3 aromatic rings. The van der Waals surface area contributed by atoms with Gasteiger partial charge in [0.05, 0.1) is 28.4 Å². The van der Waals surface area contributed by atoms with E-state index in [1.54, 1.807) is 6.92 Å². The summed E-state index contributed by atoms with van der Waals surface area (Å²) in [6, 6.07) is 7.56. The molecule has 0 spiro atoms. The van der Waals surface area contributed by atoms with E-state index in [1.807, 2.05) is 0 Å². The fourth-order valence-corrected chi connectivity index (χ4v) is 5.99. The molecule has 0 saturated heterocycles. The van der Waals surface area contributed by atoms with E-state index >= 15 is 0 Å². The van der Waals surface area contributed by atoms with Gasteiger partial charge in [-0.05, 0) is 55.8 Å². The van der Waals surface area contributed by atoms with E-state index in [9.17, 15) is 31.2 Å². The van der Waals surface area contributed by atoms with Gasteiger partial charge in [-0.3, -0.25) is 18.1 Å². The van der Waals surface area contributed by atoms with Crippen molar-refractivity contribution in [3.63, 3.8) is 0 Å². The van der Waals surface area contributed by atoms with Gasteiger partial charge < -0.3 is 9.87 Å². The maximum absolute atomic E-state index is 13.7. The Morgan fingerprint density at radius 1 is 1.22 bits per heavy atom. The molecule has 3 rings (SSSR count). The highest BCUT2D eigenvalue weighted by Gasteiger charge is 2.25. The minimum absolute atomic E-state index is 0.0535. The Labute approximate surface area is 190 Å². The number of halogens is 1. The quantitative estimate of drug-likeness (QED) is 0.501. The molecule has 170 valence electrons. The first-order chi connectivity index (χ1) is 14.9. The number of carbonyl (C=O) groups excluding carboxylic acids is 2. The Balaban J connectivity index is 2.19. The van der Waals surface area contributed by atoms with Crippen molar-refractivity contribution in [1.29, 1.82) is 0 Å². The maximum atomic E-state index is 13.7. The van der Waals surface area contributed by atoms with Gasteiger partial charge in [0.25, 0.3) is 5.91 Å². The minimum atomic E-state index is -3.97. The summed E-state index contributed by atoms with van der Waals surface area (Å²) in [7, 11) is -3.97. The highest BCUT2D eigenvalue weighted by Crippen LogP contribution is 2.43. The molecule has 1 aromatic heterocycles. The smallest absolute Gasteiger partial charge is 0.251 e. The summed E-state index contributed by atoms with van der Waals surface area (Å²) >= 11 is -1.87. The zero-order valence-corrected chi connectivity index (χ0v) is 19.6. The first-order valence-corrected chi connectivity index (χ1v) is 12.8. The SMILES string of the molecule is CC(=O)CNC(=O)c1ccc(N(c2sc3ccc(F)cc3c2C)S(=O)[O-])c(S(C)(=O)=O)c1. The number of sulfone groups is 1. The summed E-state index contributed by atoms with van der Waals surface area (Å²) < 4.78 is 64.6. The van der Waals surface area contributed by atoms with E-state index in [0.717, 1.165) is 28.0 Å². The number of benzene rings is 2. The Morgan fingerprint density at radius 3 is 2.50 bits per heavy atom. The number of fused-ring (bicyclic) bond motifs is 1. The molecule has 0 aliphatic heterocycles. The van der Waals surface area contributed by atoms with Gasteiger partial charge in [0.2, 0.25) is 0 Å². The molecular weight excluding hydrogens is 479 g/mol. The zero-order valence-electron chi connectivity index (χ0n) is 17.2. The van der Waals surface area contributed by atoms with Gasteiger partial charge in [0.1, 0.15) is 16.6 Å². The van der Waals surface area contributed by atoms with Crippen molar-refractivity contribution in [2.24, 2.45) is 0 Å². The lowest BCUT2D eigenvalue weighted by Gasteiger charge is -2.27. The molecule has 0 bridgehead atoms. The molecule has 0 aliphatic carbocycles. The lowest BCUT2D eigenvalue weighted by Crippen LogP contribution is -2.28. The van der Waals surface area contributed by atoms with Crippen molar-refractivity contribution in [3.8, 4) is 0 Å². The van der Waals surface area contributed by atoms with Crippen molar-refractivity contribution < 1.29 is 31.2 Å². The van der Waals surface area contributed by atoms with Crippen molar-refractivity contribution in [3.05, 3.63) is 53.3 Å². The number of hydrogen-bond donors (Lipinski definition) is 1. The van der Waals surface area contributed by atoms with E-state index < -0.39 is 32.8 Å². The second kappa shape index (κ2) is 9.06. The molecule has 1 amide bonds. The van der Waals surface area contributed by atoms with Crippen LogP contribution in [0.3, 0.4) is 0 Å².